The lowest BCUT2D eigenvalue weighted by Gasteiger charge is -2.25. The van der Waals surface area contributed by atoms with Crippen LogP contribution in [-0.4, -0.2) is 73.4 Å². The van der Waals surface area contributed by atoms with Crippen LogP contribution in [0.5, 0.6) is 0 Å². The zero-order chi connectivity index (χ0) is 47.8. The molecule has 0 heterocycles. The first-order valence-corrected chi connectivity index (χ1v) is 29.7. The van der Waals surface area contributed by atoms with Crippen LogP contribution in [-0.2, 0) is 18.4 Å². The lowest BCUT2D eigenvalue weighted by molar-refractivity contribution is -0.870. The molecule has 0 aliphatic carbocycles. The van der Waals surface area contributed by atoms with Crippen molar-refractivity contribution in [1.82, 2.24) is 5.32 Å². The third-order valence-corrected chi connectivity index (χ3v) is 13.9. The molecular formula is C56H112N2O6P+. The predicted molar refractivity (Wildman–Crippen MR) is 281 cm³/mol. The highest BCUT2D eigenvalue weighted by atomic mass is 31.2. The van der Waals surface area contributed by atoms with Crippen molar-refractivity contribution < 1.29 is 32.9 Å². The molecule has 0 aromatic heterocycles. The van der Waals surface area contributed by atoms with E-state index in [1.807, 2.05) is 27.2 Å². The van der Waals surface area contributed by atoms with Crippen molar-refractivity contribution in [3.8, 4) is 0 Å². The minimum absolute atomic E-state index is 0.0628. The number of rotatable bonds is 52. The number of phosphoric acid groups is 1. The van der Waals surface area contributed by atoms with E-state index < -0.39 is 20.0 Å². The minimum atomic E-state index is -4.34. The Bertz CT molecular complexity index is 1110. The molecule has 0 bridgehead atoms. The summed E-state index contributed by atoms with van der Waals surface area (Å²) in [6.45, 7) is 4.85. The van der Waals surface area contributed by atoms with E-state index in [0.717, 1.165) is 38.5 Å². The second-order valence-corrected chi connectivity index (χ2v) is 22.1. The lowest BCUT2D eigenvalue weighted by atomic mass is 10.0. The summed E-state index contributed by atoms with van der Waals surface area (Å²) in [4.78, 5) is 23.3. The van der Waals surface area contributed by atoms with Gasteiger partial charge in [-0.15, -0.1) is 0 Å². The summed E-state index contributed by atoms with van der Waals surface area (Å²) in [5, 5.41) is 13.9. The Balaban J connectivity index is 4.23. The Kier molecular flexibility index (Phi) is 47.3. The standard InChI is InChI=1S/C56H111N2O6P/c1-6-8-10-12-14-16-18-20-22-24-26-28-30-31-33-35-37-39-41-43-45-47-49-55(59)54(53-64-65(61,62)63-52-51-58(3,4)5)57-56(60)50-48-46-44-42-40-38-36-34-32-29-27-25-23-21-19-17-15-13-11-9-7-2/h25,27,47,49,54-55,59H,6-24,26,28-46,48,50-53H2,1-5H3,(H-,57,60,61,62)/p+1/b27-25-,49-47+. The summed E-state index contributed by atoms with van der Waals surface area (Å²) in [6.07, 6.45) is 59.8. The van der Waals surface area contributed by atoms with E-state index >= 15 is 0 Å². The summed E-state index contributed by atoms with van der Waals surface area (Å²) in [5.74, 6) is -0.175. The number of phosphoric ester groups is 1. The fraction of sp³-hybridized carbons (Fsp3) is 0.911. The topological polar surface area (TPSA) is 105 Å². The van der Waals surface area contributed by atoms with Gasteiger partial charge in [0.25, 0.3) is 0 Å². The predicted octanol–water partition coefficient (Wildman–Crippen LogP) is 16.8. The SMILES string of the molecule is CCCCCCCCCC/C=C\CCCCCCCCCCCC(=O)NC(COP(=O)(O)OCC[N+](C)(C)C)C(O)/C=C/CCCCCCCCCCCCCCCCCCCCCC. The van der Waals surface area contributed by atoms with Crippen LogP contribution < -0.4 is 5.32 Å². The fourth-order valence-corrected chi connectivity index (χ4v) is 9.19. The van der Waals surface area contributed by atoms with E-state index in [1.165, 1.54) is 218 Å². The summed E-state index contributed by atoms with van der Waals surface area (Å²) in [7, 11) is 1.58. The van der Waals surface area contributed by atoms with Crippen molar-refractivity contribution in [3.63, 3.8) is 0 Å². The van der Waals surface area contributed by atoms with Crippen LogP contribution in [0.25, 0.3) is 0 Å². The monoisotopic (exact) mass is 940 g/mol. The first kappa shape index (κ1) is 64.0. The van der Waals surface area contributed by atoms with E-state index in [4.69, 9.17) is 9.05 Å². The van der Waals surface area contributed by atoms with Gasteiger partial charge in [-0.3, -0.25) is 13.8 Å². The smallest absolute Gasteiger partial charge is 0.387 e. The molecule has 3 atom stereocenters. The summed E-state index contributed by atoms with van der Waals surface area (Å²) < 4.78 is 23.7. The Morgan fingerprint density at radius 1 is 0.508 bits per heavy atom. The Morgan fingerprint density at radius 2 is 0.831 bits per heavy atom. The molecule has 3 unspecified atom stereocenters. The van der Waals surface area contributed by atoms with Crippen LogP contribution >= 0.6 is 7.82 Å². The molecule has 0 fully saturated rings. The number of nitrogens with one attached hydrogen (secondary N) is 1. The summed E-state index contributed by atoms with van der Waals surface area (Å²) in [6, 6.07) is -0.846. The Morgan fingerprint density at radius 3 is 1.18 bits per heavy atom. The van der Waals surface area contributed by atoms with E-state index in [2.05, 4.69) is 31.3 Å². The molecule has 0 radical (unpaired) electrons. The minimum Gasteiger partial charge on any atom is -0.387 e. The normalized spacial score (nSPS) is 14.1. The Labute approximate surface area is 404 Å². The number of aliphatic hydroxyl groups excluding tert-OH is 1. The van der Waals surface area contributed by atoms with Crippen molar-refractivity contribution >= 4 is 13.7 Å². The highest BCUT2D eigenvalue weighted by Crippen LogP contribution is 2.43. The maximum absolute atomic E-state index is 13.0. The maximum atomic E-state index is 13.0. The molecule has 0 saturated heterocycles. The molecule has 0 aliphatic heterocycles. The number of nitrogens with zero attached hydrogens (tertiary/aromatic N) is 1. The molecule has 386 valence electrons. The summed E-state index contributed by atoms with van der Waals surface area (Å²) in [5.41, 5.74) is 0. The number of hydrogen-bond acceptors (Lipinski definition) is 5. The van der Waals surface area contributed by atoms with Crippen molar-refractivity contribution in [3.05, 3.63) is 24.3 Å². The van der Waals surface area contributed by atoms with Crippen LogP contribution in [0, 0.1) is 0 Å². The second kappa shape index (κ2) is 48.0. The van der Waals surface area contributed by atoms with Crippen LogP contribution in [0.15, 0.2) is 24.3 Å². The number of unbranched alkanes of at least 4 members (excludes halogenated alkanes) is 37. The zero-order valence-electron chi connectivity index (χ0n) is 44.0. The molecule has 1 amide bonds. The van der Waals surface area contributed by atoms with E-state index in [9.17, 15) is 19.4 Å². The van der Waals surface area contributed by atoms with Gasteiger partial charge in [0, 0.05) is 6.42 Å². The molecule has 8 nitrogen and oxygen atoms in total. The van der Waals surface area contributed by atoms with Gasteiger partial charge in [0.15, 0.2) is 0 Å². The van der Waals surface area contributed by atoms with Gasteiger partial charge in [-0.2, -0.15) is 0 Å². The third-order valence-electron chi connectivity index (χ3n) is 12.9. The molecule has 0 spiro atoms. The molecule has 0 saturated carbocycles. The van der Waals surface area contributed by atoms with E-state index in [0.29, 0.717) is 17.4 Å². The lowest BCUT2D eigenvalue weighted by Crippen LogP contribution is -2.45. The average molecular weight is 940 g/mol. The van der Waals surface area contributed by atoms with Crippen LogP contribution in [0.3, 0.4) is 0 Å². The first-order chi connectivity index (χ1) is 31.5. The van der Waals surface area contributed by atoms with Gasteiger partial charge >= 0.3 is 7.82 Å². The number of quaternary nitrogens is 1. The van der Waals surface area contributed by atoms with Crippen molar-refractivity contribution in [1.29, 1.82) is 0 Å². The van der Waals surface area contributed by atoms with Gasteiger partial charge < -0.3 is 19.8 Å². The van der Waals surface area contributed by atoms with Gasteiger partial charge in [-0.25, -0.2) is 4.57 Å². The van der Waals surface area contributed by atoms with E-state index in [-0.39, 0.29) is 19.1 Å². The van der Waals surface area contributed by atoms with Crippen molar-refractivity contribution in [2.45, 2.75) is 289 Å². The number of allylic oxidation sites excluding steroid dienone is 3. The van der Waals surface area contributed by atoms with Crippen LogP contribution in [0.1, 0.15) is 277 Å². The van der Waals surface area contributed by atoms with E-state index in [1.54, 1.807) is 6.08 Å². The van der Waals surface area contributed by atoms with Gasteiger partial charge in [0.05, 0.1) is 39.9 Å². The van der Waals surface area contributed by atoms with Gasteiger partial charge in [0.2, 0.25) is 5.91 Å². The van der Waals surface area contributed by atoms with Crippen LogP contribution in [0.4, 0.5) is 0 Å². The number of hydrogen-bond donors (Lipinski definition) is 3. The quantitative estimate of drug-likeness (QED) is 0.0243. The largest absolute Gasteiger partial charge is 0.472 e. The first-order valence-electron chi connectivity index (χ1n) is 28.2. The maximum Gasteiger partial charge on any atom is 0.472 e. The zero-order valence-corrected chi connectivity index (χ0v) is 44.9. The highest BCUT2D eigenvalue weighted by molar-refractivity contribution is 7.47. The van der Waals surface area contributed by atoms with Crippen LogP contribution in [0.2, 0.25) is 0 Å². The molecule has 3 N–H and O–H groups in total. The number of likely N-dealkylation sites (N-methyl/N-ethyl adjacent to an activating group) is 1. The number of carbonyl (C=O) groups excluding carboxylic acids is 1. The molecule has 65 heavy (non-hydrogen) atoms. The van der Waals surface area contributed by atoms with Crippen molar-refractivity contribution in [2.75, 3.05) is 40.9 Å². The molecular weight excluding hydrogens is 828 g/mol. The summed E-state index contributed by atoms with van der Waals surface area (Å²) >= 11 is 0. The average Bonchev–Trinajstić information content (AvgIpc) is 3.26. The van der Waals surface area contributed by atoms with Gasteiger partial charge in [0.1, 0.15) is 13.2 Å². The third kappa shape index (κ3) is 50.7. The number of carbonyl (C=O) groups is 1. The molecule has 0 aromatic carbocycles. The molecule has 0 aromatic rings. The van der Waals surface area contributed by atoms with Gasteiger partial charge in [-0.05, 0) is 44.9 Å². The second-order valence-electron chi connectivity index (χ2n) is 20.7. The molecule has 0 rings (SSSR count). The highest BCUT2D eigenvalue weighted by Gasteiger charge is 2.27. The molecule has 9 heteroatoms. The Hall–Kier alpha value is -1.02. The number of aliphatic hydroxyl groups is 1. The fourth-order valence-electron chi connectivity index (χ4n) is 8.45. The van der Waals surface area contributed by atoms with Crippen molar-refractivity contribution in [2.24, 2.45) is 0 Å². The number of amides is 1. The van der Waals surface area contributed by atoms with Gasteiger partial charge in [-0.1, -0.05) is 250 Å². The molecule has 0 aliphatic rings.